The SMILES string of the molecule is Cn1[nH]c(=O)c(=O)nc1Sc1ncc(CNC2CC2)cn1. The molecule has 2 N–H and O–H groups in total. The van der Waals surface area contributed by atoms with Crippen LogP contribution in [0.1, 0.15) is 18.4 Å². The average molecular weight is 306 g/mol. The molecule has 21 heavy (non-hydrogen) atoms. The zero-order valence-electron chi connectivity index (χ0n) is 11.4. The van der Waals surface area contributed by atoms with E-state index >= 15 is 0 Å². The summed E-state index contributed by atoms with van der Waals surface area (Å²) in [6.45, 7) is 0.755. The number of aromatic amines is 1. The lowest BCUT2D eigenvalue weighted by molar-refractivity contribution is 0.595. The Kier molecular flexibility index (Phi) is 3.84. The van der Waals surface area contributed by atoms with Crippen molar-refractivity contribution in [2.75, 3.05) is 0 Å². The molecule has 2 aromatic rings. The van der Waals surface area contributed by atoms with Gasteiger partial charge in [0.15, 0.2) is 10.3 Å². The van der Waals surface area contributed by atoms with Crippen molar-refractivity contribution in [3.63, 3.8) is 0 Å². The van der Waals surface area contributed by atoms with Gasteiger partial charge in [0.25, 0.3) is 0 Å². The Balaban J connectivity index is 1.71. The number of hydrogen-bond donors (Lipinski definition) is 2. The Morgan fingerprint density at radius 1 is 1.38 bits per heavy atom. The zero-order chi connectivity index (χ0) is 14.8. The quantitative estimate of drug-likeness (QED) is 0.575. The maximum absolute atomic E-state index is 11.3. The topological polar surface area (TPSA) is 106 Å². The molecule has 110 valence electrons. The van der Waals surface area contributed by atoms with Crippen molar-refractivity contribution in [1.29, 1.82) is 0 Å². The van der Waals surface area contributed by atoms with Crippen LogP contribution in [0.15, 0.2) is 32.3 Å². The lowest BCUT2D eigenvalue weighted by Crippen LogP contribution is -2.33. The second-order valence-corrected chi connectivity index (χ2v) is 5.77. The summed E-state index contributed by atoms with van der Waals surface area (Å²) in [5.74, 6) is 0. The van der Waals surface area contributed by atoms with E-state index in [0.717, 1.165) is 23.9 Å². The van der Waals surface area contributed by atoms with E-state index < -0.39 is 11.1 Å². The fourth-order valence-electron chi connectivity index (χ4n) is 1.67. The summed E-state index contributed by atoms with van der Waals surface area (Å²) in [6.07, 6.45) is 5.96. The Morgan fingerprint density at radius 3 is 2.76 bits per heavy atom. The van der Waals surface area contributed by atoms with Gasteiger partial charge in [0, 0.05) is 37.6 Å². The number of aryl methyl sites for hydroxylation is 1. The molecule has 0 spiro atoms. The highest BCUT2D eigenvalue weighted by Gasteiger charge is 2.20. The molecule has 2 aromatic heterocycles. The first-order valence-corrected chi connectivity index (χ1v) is 7.33. The molecule has 0 unspecified atom stereocenters. The van der Waals surface area contributed by atoms with Crippen molar-refractivity contribution in [3.05, 3.63) is 38.7 Å². The van der Waals surface area contributed by atoms with Gasteiger partial charge in [-0.15, -0.1) is 0 Å². The first-order valence-electron chi connectivity index (χ1n) is 6.51. The van der Waals surface area contributed by atoms with Crippen LogP contribution in [0.25, 0.3) is 0 Å². The molecule has 0 saturated heterocycles. The fourth-order valence-corrected chi connectivity index (χ4v) is 2.36. The van der Waals surface area contributed by atoms with Crippen LogP contribution < -0.4 is 16.4 Å². The highest BCUT2D eigenvalue weighted by molar-refractivity contribution is 7.99. The standard InChI is InChI=1S/C12H14N6O2S/c1-18-12(16-9(19)10(20)17-18)21-11-14-5-7(6-15-11)4-13-8-2-3-8/h5-6,8,13H,2-4H2,1H3,(H,17,20). The molecular formula is C12H14N6O2S. The number of nitrogens with zero attached hydrogens (tertiary/aromatic N) is 4. The van der Waals surface area contributed by atoms with Gasteiger partial charge in [-0.1, -0.05) is 0 Å². The Labute approximate surface area is 124 Å². The van der Waals surface area contributed by atoms with Crippen LogP contribution in [0.3, 0.4) is 0 Å². The summed E-state index contributed by atoms with van der Waals surface area (Å²) in [6, 6.07) is 0.638. The van der Waals surface area contributed by atoms with E-state index in [9.17, 15) is 9.59 Å². The van der Waals surface area contributed by atoms with Crippen molar-refractivity contribution in [1.82, 2.24) is 30.0 Å². The lowest BCUT2D eigenvalue weighted by atomic mass is 10.3. The summed E-state index contributed by atoms with van der Waals surface area (Å²) < 4.78 is 1.38. The van der Waals surface area contributed by atoms with Gasteiger partial charge in [-0.2, -0.15) is 4.98 Å². The van der Waals surface area contributed by atoms with E-state index in [0.29, 0.717) is 16.4 Å². The minimum atomic E-state index is -0.819. The second-order valence-electron chi connectivity index (χ2n) is 4.83. The highest BCUT2D eigenvalue weighted by Crippen LogP contribution is 2.21. The van der Waals surface area contributed by atoms with Gasteiger partial charge in [-0.05, 0) is 24.6 Å². The number of H-pyrrole nitrogens is 1. The van der Waals surface area contributed by atoms with Gasteiger partial charge in [-0.25, -0.2) is 9.97 Å². The number of rotatable bonds is 5. The van der Waals surface area contributed by atoms with Crippen molar-refractivity contribution in [3.8, 4) is 0 Å². The van der Waals surface area contributed by atoms with E-state index in [1.807, 2.05) is 0 Å². The van der Waals surface area contributed by atoms with Gasteiger partial charge >= 0.3 is 11.1 Å². The fraction of sp³-hybridized carbons (Fsp3) is 0.417. The molecule has 1 aliphatic carbocycles. The summed E-state index contributed by atoms with van der Waals surface area (Å²) in [5.41, 5.74) is -0.556. The predicted molar refractivity (Wildman–Crippen MR) is 76.1 cm³/mol. The number of aromatic nitrogens is 5. The molecule has 3 rings (SSSR count). The molecule has 0 radical (unpaired) electrons. The minimum absolute atomic E-state index is 0.337. The Morgan fingerprint density at radius 2 is 2.10 bits per heavy atom. The van der Waals surface area contributed by atoms with Crippen molar-refractivity contribution >= 4 is 11.8 Å². The zero-order valence-corrected chi connectivity index (χ0v) is 12.2. The third kappa shape index (κ3) is 3.56. The summed E-state index contributed by atoms with van der Waals surface area (Å²) in [4.78, 5) is 34.5. The maximum atomic E-state index is 11.3. The summed E-state index contributed by atoms with van der Waals surface area (Å²) >= 11 is 1.12. The number of hydrogen-bond acceptors (Lipinski definition) is 7. The first kappa shape index (κ1) is 14.0. The molecule has 0 aromatic carbocycles. The largest absolute Gasteiger partial charge is 0.339 e. The first-order chi connectivity index (χ1) is 10.1. The van der Waals surface area contributed by atoms with Crippen LogP contribution in [-0.2, 0) is 13.6 Å². The van der Waals surface area contributed by atoms with Crippen LogP contribution in [0.5, 0.6) is 0 Å². The van der Waals surface area contributed by atoms with Crippen LogP contribution >= 0.6 is 11.8 Å². The van der Waals surface area contributed by atoms with Crippen LogP contribution in [0.4, 0.5) is 0 Å². The van der Waals surface area contributed by atoms with Gasteiger partial charge in [-0.3, -0.25) is 19.4 Å². The third-order valence-electron chi connectivity index (χ3n) is 2.98. The van der Waals surface area contributed by atoms with Gasteiger partial charge in [0.1, 0.15) is 0 Å². The summed E-state index contributed by atoms with van der Waals surface area (Å²) in [7, 11) is 1.60. The Hall–Kier alpha value is -2.00. The maximum Gasteiger partial charge on any atom is 0.339 e. The normalized spacial score (nSPS) is 14.3. The predicted octanol–water partition coefficient (Wildman–Crippen LogP) is -0.338. The third-order valence-corrected chi connectivity index (χ3v) is 3.93. The van der Waals surface area contributed by atoms with Crippen molar-refractivity contribution in [2.24, 2.45) is 7.05 Å². The van der Waals surface area contributed by atoms with E-state index in [1.54, 1.807) is 19.4 Å². The molecule has 2 heterocycles. The number of nitrogens with one attached hydrogen (secondary N) is 2. The molecular weight excluding hydrogens is 292 g/mol. The van der Waals surface area contributed by atoms with E-state index in [-0.39, 0.29) is 0 Å². The molecule has 1 aliphatic rings. The van der Waals surface area contributed by atoms with Crippen molar-refractivity contribution < 1.29 is 0 Å². The smallest absolute Gasteiger partial charge is 0.310 e. The molecule has 0 bridgehead atoms. The molecule has 8 nitrogen and oxygen atoms in total. The van der Waals surface area contributed by atoms with Crippen LogP contribution in [0.2, 0.25) is 0 Å². The van der Waals surface area contributed by atoms with Gasteiger partial charge in [0.05, 0.1) is 0 Å². The van der Waals surface area contributed by atoms with E-state index in [4.69, 9.17) is 0 Å². The average Bonchev–Trinajstić information content (AvgIpc) is 3.28. The second kappa shape index (κ2) is 5.78. The van der Waals surface area contributed by atoms with Gasteiger partial charge in [0.2, 0.25) is 0 Å². The van der Waals surface area contributed by atoms with Crippen molar-refractivity contribution in [2.45, 2.75) is 35.7 Å². The molecule has 1 saturated carbocycles. The molecule has 0 amide bonds. The van der Waals surface area contributed by atoms with Crippen LogP contribution in [0, 0.1) is 0 Å². The molecule has 0 atom stereocenters. The molecule has 9 heteroatoms. The molecule has 0 aliphatic heterocycles. The van der Waals surface area contributed by atoms with E-state index in [2.05, 4.69) is 25.4 Å². The van der Waals surface area contributed by atoms with Gasteiger partial charge < -0.3 is 5.32 Å². The minimum Gasteiger partial charge on any atom is -0.310 e. The lowest BCUT2D eigenvalue weighted by Gasteiger charge is -2.05. The summed E-state index contributed by atoms with van der Waals surface area (Å²) in [5, 5.41) is 6.57. The Bertz CT molecular complexity index is 750. The molecule has 1 fully saturated rings. The van der Waals surface area contributed by atoms with E-state index in [1.165, 1.54) is 17.5 Å². The highest BCUT2D eigenvalue weighted by atomic mass is 32.2. The van der Waals surface area contributed by atoms with Crippen LogP contribution in [-0.4, -0.2) is 30.8 Å². The monoisotopic (exact) mass is 306 g/mol.